The Hall–Kier alpha value is -6.81. The number of hydrogen-bond acceptors (Lipinski definition) is 17. The number of esters is 1. The number of carboxylic acid groups (broad SMARTS) is 3. The van der Waals surface area contributed by atoms with Gasteiger partial charge in [-0.15, -0.1) is 0 Å². The number of likely N-dealkylation sites (tertiary alicyclic amines) is 1. The van der Waals surface area contributed by atoms with Crippen molar-refractivity contribution in [1.82, 2.24) is 52.3 Å². The molecule has 2 saturated heterocycles. The topological polar surface area (TPSA) is 384 Å². The summed E-state index contributed by atoms with van der Waals surface area (Å²) in [5.41, 5.74) is 2.13. The van der Waals surface area contributed by atoms with E-state index >= 15 is 0 Å². The number of piperidine rings is 1. The number of carboxylic acids is 3. The number of carbonyl (C=O) groups is 11. The lowest BCUT2D eigenvalue weighted by atomic mass is 9.97. The van der Waals surface area contributed by atoms with Crippen molar-refractivity contribution in [3.8, 4) is 0 Å². The lowest BCUT2D eigenvalue weighted by Gasteiger charge is -2.32. The summed E-state index contributed by atoms with van der Waals surface area (Å²) in [6, 6.07) is 0.114. The Bertz CT molecular complexity index is 2300. The summed E-state index contributed by atoms with van der Waals surface area (Å²) >= 11 is 0. The average molecular weight is 1090 g/mol. The van der Waals surface area contributed by atoms with E-state index in [1.807, 2.05) is 30.0 Å². The monoisotopic (exact) mass is 1090 g/mol. The first kappa shape index (κ1) is 61.0. The van der Waals surface area contributed by atoms with Gasteiger partial charge in [-0.25, -0.2) is 0 Å². The zero-order valence-corrected chi connectivity index (χ0v) is 43.6. The van der Waals surface area contributed by atoms with Gasteiger partial charge in [-0.3, -0.25) is 67.4 Å². The van der Waals surface area contributed by atoms with Crippen molar-refractivity contribution < 1.29 is 77.9 Å². The molecular formula is C50H75N11O16. The molecular weight excluding hydrogens is 1010 g/mol. The molecule has 7 atom stereocenters. The number of cyclic esters (lactones) is 1. The molecule has 0 aliphatic carbocycles. The Balaban J connectivity index is 1.01. The molecule has 0 unspecified atom stereocenters. The zero-order valence-electron chi connectivity index (χ0n) is 43.6. The van der Waals surface area contributed by atoms with Crippen molar-refractivity contribution in [3.05, 3.63) is 29.3 Å². The van der Waals surface area contributed by atoms with Gasteiger partial charge in [0.05, 0.1) is 31.7 Å². The Morgan fingerprint density at radius 3 is 2.12 bits per heavy atom. The van der Waals surface area contributed by atoms with Crippen LogP contribution in [-0.4, -0.2) is 210 Å². The molecule has 12 N–H and O–H groups in total. The van der Waals surface area contributed by atoms with Gasteiger partial charge < -0.3 is 67.7 Å². The number of nitrogens with one attached hydrogen (secondary N) is 8. The highest BCUT2D eigenvalue weighted by Gasteiger charge is 2.46. The molecule has 1 aromatic carbocycles. The predicted octanol–water partition coefficient (Wildman–Crippen LogP) is -3.62. The van der Waals surface area contributed by atoms with E-state index in [2.05, 4.69) is 42.5 Å². The molecule has 426 valence electrons. The van der Waals surface area contributed by atoms with Crippen molar-refractivity contribution in [2.24, 2.45) is 11.8 Å². The van der Waals surface area contributed by atoms with Crippen LogP contribution < -0.4 is 47.4 Å². The van der Waals surface area contributed by atoms with Gasteiger partial charge in [0.25, 0.3) is 0 Å². The standard InChI is InChI=1S/C50H75N11O16/c1-3-29(2)44(48(74)56-34-8-7-31-5-4-6-32-23-36(61(45(31)32)49(34)75)47(73)57-35-24-43(71)77-50(35)76)58-38(63)12-15-53-37(62)11-16-54-46(72)33(9-10-40(65)66)55-39(64)27-59-19-13-30(14-20-59)25-51-17-21-60(28-42(69)70)22-18-52-26-41(67)68/h4-6,29-30,33-36,44,50-52,76H,3,7-28H2,1-2H3,(H,53,62)(H,54,72)(H,55,64)(H,56,74)(H,57,73)(H,58,63)(H,65,66)(H,67,68)(H,69,70)/t29-,33+,34-,35+,36-,44-,50-/m0/s1. The summed E-state index contributed by atoms with van der Waals surface area (Å²) in [7, 11) is 0. The van der Waals surface area contributed by atoms with Crippen LogP contribution in [0.1, 0.15) is 82.8 Å². The second kappa shape index (κ2) is 30.2. The minimum atomic E-state index is -1.53. The second-order valence-corrected chi connectivity index (χ2v) is 19.9. The highest BCUT2D eigenvalue weighted by molar-refractivity contribution is 6.08. The zero-order chi connectivity index (χ0) is 56.2. The number of amides is 7. The first-order valence-corrected chi connectivity index (χ1v) is 26.3. The number of nitrogens with zero attached hydrogens (tertiary/aromatic N) is 3. The summed E-state index contributed by atoms with van der Waals surface area (Å²) in [6.45, 7) is 6.43. The van der Waals surface area contributed by atoms with Crippen molar-refractivity contribution in [2.75, 3.05) is 83.4 Å². The number of aryl methyl sites for hydroxylation is 1. The second-order valence-electron chi connectivity index (χ2n) is 19.9. The molecule has 5 rings (SSSR count). The molecule has 77 heavy (non-hydrogen) atoms. The number of aliphatic carboxylic acids is 3. The molecule has 27 heteroatoms. The van der Waals surface area contributed by atoms with E-state index in [0.29, 0.717) is 70.3 Å². The molecule has 0 saturated carbocycles. The van der Waals surface area contributed by atoms with E-state index in [9.17, 15) is 68.1 Å². The van der Waals surface area contributed by atoms with Gasteiger partial charge in [0.1, 0.15) is 30.2 Å². The van der Waals surface area contributed by atoms with Crippen molar-refractivity contribution in [1.29, 1.82) is 0 Å². The van der Waals surface area contributed by atoms with E-state index in [4.69, 9.17) is 9.84 Å². The third-order valence-electron chi connectivity index (χ3n) is 14.1. The van der Waals surface area contributed by atoms with Gasteiger partial charge in [0, 0.05) is 65.0 Å². The molecule has 2 fully saturated rings. The van der Waals surface area contributed by atoms with Crippen LogP contribution in [0, 0.1) is 11.8 Å². The quantitative estimate of drug-likeness (QED) is 0.0245. The molecule has 0 spiro atoms. The fraction of sp³-hybridized carbons (Fsp3) is 0.660. The van der Waals surface area contributed by atoms with E-state index in [0.717, 1.165) is 24.0 Å². The Labute approximate surface area is 445 Å². The molecule has 0 aromatic heterocycles. The third kappa shape index (κ3) is 19.3. The van der Waals surface area contributed by atoms with Crippen molar-refractivity contribution in [2.45, 2.75) is 121 Å². The molecule has 27 nitrogen and oxygen atoms in total. The fourth-order valence-electron chi connectivity index (χ4n) is 9.72. The first-order chi connectivity index (χ1) is 36.7. The molecule has 7 amide bonds. The normalized spacial score (nSPS) is 20.4. The summed E-state index contributed by atoms with van der Waals surface area (Å²) in [5.74, 6) is -7.90. The third-order valence-corrected chi connectivity index (χ3v) is 14.1. The average Bonchev–Trinajstić information content (AvgIpc) is 3.94. The lowest BCUT2D eigenvalue weighted by molar-refractivity contribution is -0.155. The van der Waals surface area contributed by atoms with Crippen LogP contribution >= 0.6 is 0 Å². The van der Waals surface area contributed by atoms with Gasteiger partial charge in [-0.05, 0) is 74.7 Å². The number of ether oxygens (including phenoxy) is 1. The van der Waals surface area contributed by atoms with Gasteiger partial charge in [-0.1, -0.05) is 38.5 Å². The number of anilines is 1. The minimum absolute atomic E-state index is 0.0244. The summed E-state index contributed by atoms with van der Waals surface area (Å²) in [4.78, 5) is 144. The smallest absolute Gasteiger partial charge is 0.317 e. The van der Waals surface area contributed by atoms with Gasteiger partial charge in [0.15, 0.2) is 0 Å². The van der Waals surface area contributed by atoms with Crippen LogP contribution in [0.5, 0.6) is 0 Å². The maximum absolute atomic E-state index is 14.3. The van der Waals surface area contributed by atoms with Crippen molar-refractivity contribution in [3.63, 3.8) is 0 Å². The molecule has 4 aliphatic heterocycles. The lowest BCUT2D eigenvalue weighted by Crippen LogP contribution is -2.59. The Morgan fingerprint density at radius 2 is 1.45 bits per heavy atom. The van der Waals surface area contributed by atoms with E-state index in [1.165, 1.54) is 4.90 Å². The summed E-state index contributed by atoms with van der Waals surface area (Å²) in [5, 5.41) is 59.4. The Kier molecular flexibility index (Phi) is 24.0. The van der Waals surface area contributed by atoms with Crippen LogP contribution in [0.3, 0.4) is 0 Å². The van der Waals surface area contributed by atoms with Gasteiger partial charge in [0.2, 0.25) is 47.6 Å². The van der Waals surface area contributed by atoms with Crippen LogP contribution in [0.15, 0.2) is 18.2 Å². The number of carbonyl (C=O) groups excluding carboxylic acids is 8. The highest BCUT2D eigenvalue weighted by atomic mass is 16.6. The fourth-order valence-corrected chi connectivity index (χ4v) is 9.72. The van der Waals surface area contributed by atoms with Gasteiger partial charge in [-0.2, -0.15) is 0 Å². The van der Waals surface area contributed by atoms with Crippen LogP contribution in [0.2, 0.25) is 0 Å². The summed E-state index contributed by atoms with van der Waals surface area (Å²) in [6.07, 6.45) is -0.0242. The number of benzene rings is 1. The van der Waals surface area contributed by atoms with Gasteiger partial charge >= 0.3 is 23.9 Å². The number of aliphatic hydroxyl groups excluding tert-OH is 1. The predicted molar refractivity (Wildman–Crippen MR) is 272 cm³/mol. The largest absolute Gasteiger partial charge is 0.481 e. The molecule has 0 radical (unpaired) electrons. The molecule has 1 aromatic rings. The number of hydrogen-bond donors (Lipinski definition) is 12. The van der Waals surface area contributed by atoms with Crippen LogP contribution in [-0.2, 0) is 70.3 Å². The van der Waals surface area contributed by atoms with Crippen molar-refractivity contribution >= 4 is 70.9 Å². The Morgan fingerprint density at radius 1 is 0.766 bits per heavy atom. The maximum Gasteiger partial charge on any atom is 0.317 e. The highest BCUT2D eigenvalue weighted by Crippen LogP contribution is 2.39. The van der Waals surface area contributed by atoms with E-state index in [-0.39, 0.29) is 77.2 Å². The summed E-state index contributed by atoms with van der Waals surface area (Å²) < 4.78 is 4.76. The molecule has 4 heterocycles. The van der Waals surface area contributed by atoms with E-state index in [1.54, 1.807) is 11.8 Å². The maximum atomic E-state index is 14.3. The minimum Gasteiger partial charge on any atom is -0.481 e. The van der Waals surface area contributed by atoms with Crippen LogP contribution in [0.25, 0.3) is 0 Å². The number of rotatable bonds is 32. The first-order valence-electron chi connectivity index (χ1n) is 26.3. The van der Waals surface area contributed by atoms with Crippen LogP contribution in [0.4, 0.5) is 5.69 Å². The molecule has 0 bridgehead atoms. The van der Waals surface area contributed by atoms with E-state index < -0.39 is 108 Å². The number of para-hydroxylation sites is 1. The number of aliphatic hydroxyl groups is 1. The SMILES string of the molecule is CC[C@H](C)[C@H](NC(=O)CCNC(=O)CCNC(=O)[C@@H](CCC(=O)O)NC(=O)CN1CCC(CNCCN(CCNCC(=O)O)CC(=O)O)CC1)C(=O)N[C@H]1CCc2cccc3c2N(C1=O)[C@H](C(=O)N[C@@H]1CC(=O)O[C@@H]1O)C3. The molecule has 4 aliphatic rings.